The lowest BCUT2D eigenvalue weighted by Crippen LogP contribution is -2.26. The van der Waals surface area contributed by atoms with Gasteiger partial charge in [0.25, 0.3) is 10.0 Å². The van der Waals surface area contributed by atoms with Crippen LogP contribution in [-0.2, 0) is 16.4 Å². The van der Waals surface area contributed by atoms with Gasteiger partial charge in [0.1, 0.15) is 5.82 Å². The number of hydrogen-bond donors (Lipinski definition) is 2. The molecule has 0 spiro atoms. The maximum Gasteiger partial charge on any atom is 0.257 e. The number of H-pyrrole nitrogens is 1. The standard InChI is InChI=1S/C11H12FN3O2S/c12-10-4-2-1-3-9(10)5-6-15-18(16,17)11-7-13-8-14-11/h1-4,7-8,15H,5-6H2,(H,13,14). The summed E-state index contributed by atoms with van der Waals surface area (Å²) in [6, 6.07) is 6.27. The third-order valence-electron chi connectivity index (χ3n) is 2.41. The van der Waals surface area contributed by atoms with Crippen molar-refractivity contribution in [2.24, 2.45) is 0 Å². The van der Waals surface area contributed by atoms with Crippen molar-refractivity contribution < 1.29 is 12.8 Å². The molecule has 96 valence electrons. The number of nitrogens with zero attached hydrogens (tertiary/aromatic N) is 1. The zero-order valence-corrected chi connectivity index (χ0v) is 10.2. The van der Waals surface area contributed by atoms with E-state index in [0.29, 0.717) is 12.0 Å². The zero-order valence-electron chi connectivity index (χ0n) is 9.43. The highest BCUT2D eigenvalue weighted by Gasteiger charge is 2.14. The first-order chi connectivity index (χ1) is 8.59. The molecule has 1 aromatic heterocycles. The lowest BCUT2D eigenvalue weighted by atomic mass is 10.1. The molecule has 0 fully saturated rings. The molecule has 0 saturated heterocycles. The summed E-state index contributed by atoms with van der Waals surface area (Å²) in [6.45, 7) is 0.127. The van der Waals surface area contributed by atoms with Crippen LogP contribution in [0.25, 0.3) is 0 Å². The highest BCUT2D eigenvalue weighted by Crippen LogP contribution is 2.07. The van der Waals surface area contributed by atoms with Gasteiger partial charge in [-0.3, -0.25) is 0 Å². The van der Waals surface area contributed by atoms with Crippen LogP contribution in [0.2, 0.25) is 0 Å². The lowest BCUT2D eigenvalue weighted by Gasteiger charge is -2.05. The van der Waals surface area contributed by atoms with Gasteiger partial charge in [-0.15, -0.1) is 0 Å². The van der Waals surface area contributed by atoms with Crippen LogP contribution in [-0.4, -0.2) is 24.9 Å². The van der Waals surface area contributed by atoms with Gasteiger partial charge in [0.05, 0.1) is 12.5 Å². The summed E-state index contributed by atoms with van der Waals surface area (Å²) in [4.78, 5) is 6.14. The zero-order chi connectivity index (χ0) is 13.0. The third-order valence-corrected chi connectivity index (χ3v) is 3.79. The van der Waals surface area contributed by atoms with Crippen molar-refractivity contribution in [3.63, 3.8) is 0 Å². The summed E-state index contributed by atoms with van der Waals surface area (Å²) in [5.74, 6) is -0.335. The number of aromatic amines is 1. The Hall–Kier alpha value is -1.73. The summed E-state index contributed by atoms with van der Waals surface area (Å²) < 4.78 is 39.0. The maximum atomic E-state index is 13.3. The molecule has 0 radical (unpaired) electrons. The predicted molar refractivity (Wildman–Crippen MR) is 63.9 cm³/mol. The Morgan fingerprint density at radius 1 is 1.33 bits per heavy atom. The quantitative estimate of drug-likeness (QED) is 0.852. The third kappa shape index (κ3) is 2.93. The van der Waals surface area contributed by atoms with E-state index in [-0.39, 0.29) is 17.4 Å². The van der Waals surface area contributed by atoms with Gasteiger partial charge in [-0.05, 0) is 18.1 Å². The van der Waals surface area contributed by atoms with Gasteiger partial charge in [-0.2, -0.15) is 0 Å². The van der Waals surface area contributed by atoms with Crippen LogP contribution < -0.4 is 4.72 Å². The van der Waals surface area contributed by atoms with Gasteiger partial charge in [0, 0.05) is 6.54 Å². The summed E-state index contributed by atoms with van der Waals surface area (Å²) in [6.07, 6.45) is 2.79. The molecule has 18 heavy (non-hydrogen) atoms. The molecule has 0 atom stereocenters. The molecule has 0 aliphatic rings. The average Bonchev–Trinajstić information content (AvgIpc) is 2.86. The summed E-state index contributed by atoms with van der Waals surface area (Å²) in [7, 11) is -3.59. The molecule has 2 N–H and O–H groups in total. The van der Waals surface area contributed by atoms with Crippen LogP contribution in [0.4, 0.5) is 4.39 Å². The summed E-state index contributed by atoms with van der Waals surface area (Å²) >= 11 is 0. The van der Waals surface area contributed by atoms with Gasteiger partial charge in [0.15, 0.2) is 5.03 Å². The second kappa shape index (κ2) is 5.28. The van der Waals surface area contributed by atoms with E-state index in [1.165, 1.54) is 18.6 Å². The number of rotatable bonds is 5. The smallest absolute Gasteiger partial charge is 0.257 e. The van der Waals surface area contributed by atoms with Gasteiger partial charge < -0.3 is 4.98 Å². The van der Waals surface area contributed by atoms with E-state index in [9.17, 15) is 12.8 Å². The summed E-state index contributed by atoms with van der Waals surface area (Å²) in [5, 5.41) is -0.00367. The molecule has 0 aliphatic heterocycles. The van der Waals surface area contributed by atoms with Crippen molar-refractivity contribution in [2.75, 3.05) is 6.54 Å². The van der Waals surface area contributed by atoms with E-state index < -0.39 is 10.0 Å². The van der Waals surface area contributed by atoms with Gasteiger partial charge in [-0.1, -0.05) is 18.2 Å². The van der Waals surface area contributed by atoms with Crippen LogP contribution in [0, 0.1) is 5.82 Å². The largest absolute Gasteiger partial charge is 0.335 e. The molecule has 0 saturated carbocycles. The number of imidazole rings is 1. The second-order valence-electron chi connectivity index (χ2n) is 3.66. The number of aromatic nitrogens is 2. The minimum Gasteiger partial charge on any atom is -0.335 e. The Balaban J connectivity index is 1.96. The Bertz CT molecular complexity index is 611. The minimum atomic E-state index is -3.59. The Labute approximate surface area is 104 Å². The van der Waals surface area contributed by atoms with Crippen LogP contribution >= 0.6 is 0 Å². The second-order valence-corrected chi connectivity index (χ2v) is 5.39. The first-order valence-corrected chi connectivity index (χ1v) is 6.79. The van der Waals surface area contributed by atoms with Crippen molar-refractivity contribution >= 4 is 10.0 Å². The molecule has 5 nitrogen and oxygen atoms in total. The Morgan fingerprint density at radius 2 is 2.11 bits per heavy atom. The monoisotopic (exact) mass is 269 g/mol. The van der Waals surface area contributed by atoms with E-state index in [2.05, 4.69) is 14.7 Å². The Morgan fingerprint density at radius 3 is 2.78 bits per heavy atom. The normalized spacial score (nSPS) is 11.6. The van der Waals surface area contributed by atoms with E-state index in [1.807, 2.05) is 0 Å². The highest BCUT2D eigenvalue weighted by atomic mass is 32.2. The molecule has 1 aromatic carbocycles. The molecule has 0 aliphatic carbocycles. The van der Waals surface area contributed by atoms with Crippen LogP contribution in [0.3, 0.4) is 0 Å². The Kier molecular flexibility index (Phi) is 3.73. The van der Waals surface area contributed by atoms with Crippen molar-refractivity contribution in [3.8, 4) is 0 Å². The van der Waals surface area contributed by atoms with Gasteiger partial charge in [0.2, 0.25) is 0 Å². The van der Waals surface area contributed by atoms with E-state index >= 15 is 0 Å². The molecular formula is C11H12FN3O2S. The molecule has 0 unspecified atom stereocenters. The van der Waals surface area contributed by atoms with Crippen molar-refractivity contribution in [2.45, 2.75) is 11.4 Å². The average molecular weight is 269 g/mol. The SMILES string of the molecule is O=S(=O)(NCCc1ccccc1F)c1cnc[nH]1. The lowest BCUT2D eigenvalue weighted by molar-refractivity contribution is 0.574. The number of hydrogen-bond acceptors (Lipinski definition) is 3. The molecule has 0 amide bonds. The highest BCUT2D eigenvalue weighted by molar-refractivity contribution is 7.89. The number of sulfonamides is 1. The first kappa shape index (κ1) is 12.7. The number of benzene rings is 1. The summed E-state index contributed by atoms with van der Waals surface area (Å²) in [5.41, 5.74) is 0.477. The van der Waals surface area contributed by atoms with Crippen LogP contribution in [0.1, 0.15) is 5.56 Å². The molecule has 2 rings (SSSR count). The van der Waals surface area contributed by atoms with Crippen molar-refractivity contribution in [1.29, 1.82) is 0 Å². The first-order valence-electron chi connectivity index (χ1n) is 5.31. The fourth-order valence-electron chi connectivity index (χ4n) is 1.49. The number of nitrogens with one attached hydrogen (secondary N) is 2. The van der Waals surface area contributed by atoms with Gasteiger partial charge in [-0.25, -0.2) is 22.5 Å². The fraction of sp³-hybridized carbons (Fsp3) is 0.182. The molecule has 7 heteroatoms. The topological polar surface area (TPSA) is 74.8 Å². The van der Waals surface area contributed by atoms with E-state index in [4.69, 9.17) is 0 Å². The van der Waals surface area contributed by atoms with Gasteiger partial charge >= 0.3 is 0 Å². The van der Waals surface area contributed by atoms with E-state index in [1.54, 1.807) is 18.2 Å². The van der Waals surface area contributed by atoms with Crippen molar-refractivity contribution in [1.82, 2.24) is 14.7 Å². The minimum absolute atomic E-state index is 0.00367. The van der Waals surface area contributed by atoms with E-state index in [0.717, 1.165) is 0 Å². The maximum absolute atomic E-state index is 13.3. The molecule has 0 bridgehead atoms. The van der Waals surface area contributed by atoms with Crippen LogP contribution in [0.15, 0.2) is 41.8 Å². The van der Waals surface area contributed by atoms with Crippen LogP contribution in [0.5, 0.6) is 0 Å². The molecule has 1 heterocycles. The predicted octanol–water partition coefficient (Wildman–Crippen LogP) is 1.07. The molecule has 2 aromatic rings. The fourth-order valence-corrected chi connectivity index (χ4v) is 2.42. The number of halogens is 1. The van der Waals surface area contributed by atoms with Crippen molar-refractivity contribution in [3.05, 3.63) is 48.2 Å². The molecular weight excluding hydrogens is 257 g/mol.